The Hall–Kier alpha value is -3.03. The quantitative estimate of drug-likeness (QED) is 0.367. The van der Waals surface area contributed by atoms with E-state index < -0.39 is 11.6 Å². The van der Waals surface area contributed by atoms with Gasteiger partial charge in [-0.25, -0.2) is 4.39 Å². The lowest BCUT2D eigenvalue weighted by Gasteiger charge is -2.00. The number of rotatable bonds is 4. The zero-order chi connectivity index (χ0) is 16.9. The van der Waals surface area contributed by atoms with E-state index in [-0.39, 0.29) is 11.1 Å². The maximum absolute atomic E-state index is 13.7. The van der Waals surface area contributed by atoms with Crippen molar-refractivity contribution in [2.24, 2.45) is 0 Å². The van der Waals surface area contributed by atoms with E-state index >= 15 is 0 Å². The largest absolute Gasteiger partial charge is 0.288 e. The van der Waals surface area contributed by atoms with Gasteiger partial charge in [0.15, 0.2) is 0 Å². The molecule has 1 heterocycles. The first-order chi connectivity index (χ1) is 11.7. The third-order valence-corrected chi connectivity index (χ3v) is 4.54. The second kappa shape index (κ2) is 7.03. The number of benzene rings is 2. The second-order valence-corrected chi connectivity index (χ2v) is 6.16. The second-order valence-electron chi connectivity index (χ2n) is 5.05. The molecule has 0 saturated carbocycles. The minimum absolute atomic E-state index is 0.0819. The molecular weight excluding hydrogens is 321 g/mol. The molecule has 3 rings (SSSR count). The highest BCUT2D eigenvalue weighted by Gasteiger charge is 2.16. The number of carbonyl (C=O) groups excluding carboxylic acids is 1. The molecule has 116 valence electrons. The Morgan fingerprint density at radius 2 is 1.71 bits per heavy atom. The lowest BCUT2D eigenvalue weighted by Crippen LogP contribution is -2.04. The van der Waals surface area contributed by atoms with Crippen LogP contribution in [0.1, 0.15) is 15.2 Å². The summed E-state index contributed by atoms with van der Waals surface area (Å²) in [4.78, 5) is 14.2. The number of ketones is 1. The van der Waals surface area contributed by atoms with Gasteiger partial charge in [0.2, 0.25) is 5.78 Å². The lowest BCUT2D eigenvalue weighted by molar-refractivity contribution is 0.103. The summed E-state index contributed by atoms with van der Waals surface area (Å²) in [5.41, 5.74) is 0.896. The first kappa shape index (κ1) is 15.9. The molecule has 0 amide bonds. The van der Waals surface area contributed by atoms with Crippen LogP contribution >= 0.6 is 11.3 Å². The Labute approximate surface area is 143 Å². The van der Waals surface area contributed by atoms with Crippen molar-refractivity contribution in [3.05, 3.63) is 88.6 Å². The average molecular weight is 333 g/mol. The van der Waals surface area contributed by atoms with Crippen LogP contribution in [0.4, 0.5) is 4.39 Å². The number of allylic oxidation sites excluding steroid dienone is 1. The van der Waals surface area contributed by atoms with Crippen LogP contribution in [0.2, 0.25) is 0 Å². The number of nitrogens with zero attached hydrogens (tertiary/aromatic N) is 1. The van der Waals surface area contributed by atoms with Crippen molar-refractivity contribution >= 4 is 23.2 Å². The topological polar surface area (TPSA) is 40.9 Å². The average Bonchev–Trinajstić information content (AvgIpc) is 3.09. The summed E-state index contributed by atoms with van der Waals surface area (Å²) in [5.74, 6) is -1.23. The van der Waals surface area contributed by atoms with Crippen LogP contribution < -0.4 is 0 Å². The van der Waals surface area contributed by atoms with Crippen molar-refractivity contribution in [1.29, 1.82) is 5.26 Å². The predicted octanol–water partition coefficient (Wildman–Crippen LogP) is 5.34. The molecular formula is C20H12FNOS. The van der Waals surface area contributed by atoms with E-state index in [0.29, 0.717) is 0 Å². The lowest BCUT2D eigenvalue weighted by atomic mass is 10.0. The SMILES string of the molecule is N#C/C(=C\c1ccc(-c2ccccc2)s1)C(=O)c1ccccc1F. The summed E-state index contributed by atoms with van der Waals surface area (Å²) < 4.78 is 13.7. The van der Waals surface area contributed by atoms with Gasteiger partial charge < -0.3 is 0 Å². The maximum atomic E-state index is 13.7. The predicted molar refractivity (Wildman–Crippen MR) is 94.1 cm³/mol. The van der Waals surface area contributed by atoms with Crippen LogP contribution in [0.3, 0.4) is 0 Å². The Bertz CT molecular complexity index is 951. The molecule has 0 radical (unpaired) electrons. The van der Waals surface area contributed by atoms with Crippen molar-refractivity contribution in [2.75, 3.05) is 0 Å². The molecule has 0 unspecified atom stereocenters. The minimum Gasteiger partial charge on any atom is -0.288 e. The van der Waals surface area contributed by atoms with Crippen LogP contribution in [0, 0.1) is 17.1 Å². The molecule has 1 aromatic heterocycles. The molecule has 24 heavy (non-hydrogen) atoms. The fourth-order valence-electron chi connectivity index (χ4n) is 2.27. The molecule has 0 spiro atoms. The first-order valence-corrected chi connectivity index (χ1v) is 8.07. The van der Waals surface area contributed by atoms with Crippen molar-refractivity contribution < 1.29 is 9.18 Å². The van der Waals surface area contributed by atoms with Gasteiger partial charge in [-0.1, -0.05) is 42.5 Å². The maximum Gasteiger partial charge on any atom is 0.206 e. The summed E-state index contributed by atoms with van der Waals surface area (Å²) in [7, 11) is 0. The number of hydrogen-bond donors (Lipinski definition) is 0. The van der Waals surface area contributed by atoms with Gasteiger partial charge in [-0.2, -0.15) is 5.26 Å². The molecule has 0 aliphatic heterocycles. The van der Waals surface area contributed by atoms with Gasteiger partial charge in [-0.15, -0.1) is 11.3 Å². The highest BCUT2D eigenvalue weighted by Crippen LogP contribution is 2.29. The number of hydrogen-bond acceptors (Lipinski definition) is 3. The summed E-state index contributed by atoms with van der Waals surface area (Å²) in [6.45, 7) is 0. The molecule has 0 aliphatic carbocycles. The molecule has 0 atom stereocenters. The van der Waals surface area contributed by atoms with E-state index in [2.05, 4.69) is 0 Å². The van der Waals surface area contributed by atoms with Gasteiger partial charge in [0.05, 0.1) is 5.56 Å². The number of Topliss-reactive ketones (excluding diaryl/α,β-unsaturated/α-hetero) is 1. The third-order valence-electron chi connectivity index (χ3n) is 3.46. The van der Waals surface area contributed by atoms with Crippen molar-refractivity contribution in [2.45, 2.75) is 0 Å². The molecule has 0 N–H and O–H groups in total. The summed E-state index contributed by atoms with van der Waals surface area (Å²) >= 11 is 1.47. The molecule has 2 aromatic carbocycles. The van der Waals surface area contributed by atoms with E-state index in [4.69, 9.17) is 0 Å². The molecule has 0 fully saturated rings. The normalized spacial score (nSPS) is 11.1. The van der Waals surface area contributed by atoms with Gasteiger partial charge in [-0.05, 0) is 35.9 Å². The molecule has 3 aromatic rings. The van der Waals surface area contributed by atoms with Crippen molar-refractivity contribution in [1.82, 2.24) is 0 Å². The molecule has 0 aliphatic rings. The van der Waals surface area contributed by atoms with Crippen LogP contribution in [-0.2, 0) is 0 Å². The molecule has 4 heteroatoms. The summed E-state index contributed by atoms with van der Waals surface area (Å²) in [6, 6.07) is 21.2. The van der Waals surface area contributed by atoms with E-state index in [0.717, 1.165) is 15.3 Å². The number of carbonyl (C=O) groups is 1. The van der Waals surface area contributed by atoms with Gasteiger partial charge in [0.25, 0.3) is 0 Å². The van der Waals surface area contributed by atoms with Gasteiger partial charge >= 0.3 is 0 Å². The van der Waals surface area contributed by atoms with Crippen molar-refractivity contribution in [3.63, 3.8) is 0 Å². The van der Waals surface area contributed by atoms with Gasteiger partial charge in [0.1, 0.15) is 17.5 Å². The highest BCUT2D eigenvalue weighted by molar-refractivity contribution is 7.16. The van der Waals surface area contributed by atoms with Crippen molar-refractivity contribution in [3.8, 4) is 16.5 Å². The third kappa shape index (κ3) is 3.32. The Morgan fingerprint density at radius 3 is 2.42 bits per heavy atom. The van der Waals surface area contributed by atoms with E-state index in [1.165, 1.54) is 35.6 Å². The monoisotopic (exact) mass is 333 g/mol. The Balaban J connectivity index is 1.92. The van der Waals surface area contributed by atoms with Crippen LogP contribution in [0.5, 0.6) is 0 Å². The van der Waals surface area contributed by atoms with Gasteiger partial charge in [0, 0.05) is 9.75 Å². The fourth-order valence-corrected chi connectivity index (χ4v) is 3.23. The smallest absolute Gasteiger partial charge is 0.206 e. The van der Waals surface area contributed by atoms with Gasteiger partial charge in [-0.3, -0.25) is 4.79 Å². The van der Waals surface area contributed by atoms with E-state index in [1.807, 2.05) is 48.5 Å². The standard InChI is InChI=1S/C20H12FNOS/c21-18-9-5-4-8-17(18)20(23)15(13-22)12-16-10-11-19(24-16)14-6-2-1-3-7-14/h1-12H/b15-12+. The molecule has 2 nitrogen and oxygen atoms in total. The zero-order valence-electron chi connectivity index (χ0n) is 12.6. The Morgan fingerprint density at radius 1 is 1.00 bits per heavy atom. The van der Waals surface area contributed by atoms with Crippen LogP contribution in [-0.4, -0.2) is 5.78 Å². The van der Waals surface area contributed by atoms with Crippen LogP contribution in [0.15, 0.2) is 72.3 Å². The number of thiophene rings is 1. The highest BCUT2D eigenvalue weighted by atomic mass is 32.1. The first-order valence-electron chi connectivity index (χ1n) is 7.25. The molecule has 0 bridgehead atoms. The number of halogens is 1. The van der Waals surface area contributed by atoms with Crippen LogP contribution in [0.25, 0.3) is 16.5 Å². The van der Waals surface area contributed by atoms with E-state index in [9.17, 15) is 14.4 Å². The van der Waals surface area contributed by atoms with E-state index in [1.54, 1.807) is 6.07 Å². The zero-order valence-corrected chi connectivity index (χ0v) is 13.4. The fraction of sp³-hybridized carbons (Fsp3) is 0. The summed E-state index contributed by atoms with van der Waals surface area (Å²) in [6.07, 6.45) is 1.51. The summed E-state index contributed by atoms with van der Waals surface area (Å²) in [5, 5.41) is 9.28. The molecule has 0 saturated heterocycles. The Kier molecular flexibility index (Phi) is 4.64. The number of nitriles is 1. The minimum atomic E-state index is -0.625.